The fourth-order valence-corrected chi connectivity index (χ4v) is 5.55. The van der Waals surface area contributed by atoms with Crippen LogP contribution >= 0.6 is 0 Å². The van der Waals surface area contributed by atoms with Crippen LogP contribution in [0, 0.1) is 5.92 Å². The number of benzene rings is 1. The summed E-state index contributed by atoms with van der Waals surface area (Å²) in [5.74, 6) is 0.990. The average molecular weight is 395 g/mol. The monoisotopic (exact) mass is 394 g/mol. The van der Waals surface area contributed by atoms with Gasteiger partial charge in [-0.15, -0.1) is 0 Å². The number of aryl methyl sites for hydroxylation is 1. The molecule has 0 bridgehead atoms. The van der Waals surface area contributed by atoms with Gasteiger partial charge in [-0.1, -0.05) is 56.4 Å². The smallest absolute Gasteiger partial charge is 0.212 e. The second-order valence-electron chi connectivity index (χ2n) is 9.21. The minimum Gasteiger partial charge on any atom is -0.310 e. The molecular weight excluding hydrogens is 356 g/mol. The zero-order valence-corrected chi connectivity index (χ0v) is 18.4. The Balaban J connectivity index is 1.87. The van der Waals surface area contributed by atoms with Crippen LogP contribution in [0.2, 0.25) is 0 Å². The third-order valence-electron chi connectivity index (χ3n) is 5.27. The molecule has 0 amide bonds. The van der Waals surface area contributed by atoms with E-state index >= 15 is 0 Å². The van der Waals surface area contributed by atoms with Crippen molar-refractivity contribution in [2.45, 2.75) is 90.8 Å². The third-order valence-corrected chi connectivity index (χ3v) is 6.94. The highest BCUT2D eigenvalue weighted by atomic mass is 32.2. The average Bonchev–Trinajstić information content (AvgIpc) is 2.58. The standard InChI is InChI=1S/C22H38N2O2S/c1-18(16-19-10-6-5-7-11-19)23-17-21-13-9-8-12-20(21)14-15-27(25,26)24-22(2,3)4/h8-9,12-13,18-19,23-24H,5-7,10-11,14-17H2,1-4H3. The molecule has 2 rings (SSSR count). The van der Waals surface area contributed by atoms with E-state index < -0.39 is 15.6 Å². The molecule has 1 unspecified atom stereocenters. The molecule has 5 heteroatoms. The van der Waals surface area contributed by atoms with Crippen molar-refractivity contribution < 1.29 is 8.42 Å². The molecule has 1 fully saturated rings. The number of hydrogen-bond acceptors (Lipinski definition) is 3. The molecule has 2 N–H and O–H groups in total. The zero-order valence-electron chi connectivity index (χ0n) is 17.6. The van der Waals surface area contributed by atoms with E-state index in [-0.39, 0.29) is 5.75 Å². The second kappa shape index (κ2) is 10.0. The normalized spacial score (nSPS) is 17.8. The predicted octanol–water partition coefficient (Wildman–Crippen LogP) is 4.40. The van der Waals surface area contributed by atoms with Crippen LogP contribution in [-0.2, 0) is 23.0 Å². The van der Waals surface area contributed by atoms with Gasteiger partial charge in [0.2, 0.25) is 10.0 Å². The first-order valence-corrected chi connectivity index (χ1v) is 12.1. The first kappa shape index (κ1) is 22.4. The Kier molecular flexibility index (Phi) is 8.32. The SMILES string of the molecule is CC(CC1CCCCC1)NCc1ccccc1CCS(=O)(=O)NC(C)(C)C. The van der Waals surface area contributed by atoms with E-state index in [4.69, 9.17) is 0 Å². The van der Waals surface area contributed by atoms with Crippen molar-refractivity contribution in [3.63, 3.8) is 0 Å². The van der Waals surface area contributed by atoms with E-state index in [2.05, 4.69) is 29.1 Å². The molecule has 154 valence electrons. The summed E-state index contributed by atoms with van der Waals surface area (Å²) in [7, 11) is -3.28. The van der Waals surface area contributed by atoms with Crippen LogP contribution in [0.15, 0.2) is 24.3 Å². The molecule has 0 radical (unpaired) electrons. The van der Waals surface area contributed by atoms with Gasteiger partial charge in [0.15, 0.2) is 0 Å². The molecule has 0 aliphatic heterocycles. The van der Waals surface area contributed by atoms with Crippen LogP contribution in [0.5, 0.6) is 0 Å². The molecule has 1 saturated carbocycles. The fourth-order valence-electron chi connectivity index (χ4n) is 4.03. The van der Waals surface area contributed by atoms with Crippen LogP contribution in [0.1, 0.15) is 77.3 Å². The number of nitrogens with one attached hydrogen (secondary N) is 2. The summed E-state index contributed by atoms with van der Waals surface area (Å²) in [5.41, 5.74) is 1.89. The molecular formula is C22H38N2O2S. The van der Waals surface area contributed by atoms with Crippen LogP contribution in [0.3, 0.4) is 0 Å². The second-order valence-corrected chi connectivity index (χ2v) is 11.1. The van der Waals surface area contributed by atoms with Crippen molar-refractivity contribution in [2.24, 2.45) is 5.92 Å². The summed E-state index contributed by atoms with van der Waals surface area (Å²) in [4.78, 5) is 0. The molecule has 1 aliphatic carbocycles. The van der Waals surface area contributed by atoms with Gasteiger partial charge in [0.05, 0.1) is 5.75 Å². The van der Waals surface area contributed by atoms with E-state index in [1.807, 2.05) is 32.9 Å². The Morgan fingerprint density at radius 3 is 2.33 bits per heavy atom. The van der Waals surface area contributed by atoms with E-state index in [0.717, 1.165) is 18.0 Å². The molecule has 1 aromatic carbocycles. The van der Waals surface area contributed by atoms with Gasteiger partial charge >= 0.3 is 0 Å². The van der Waals surface area contributed by atoms with Crippen molar-refractivity contribution in [1.82, 2.24) is 10.0 Å². The highest BCUT2D eigenvalue weighted by Gasteiger charge is 2.20. The predicted molar refractivity (Wildman–Crippen MR) is 114 cm³/mol. The summed E-state index contributed by atoms with van der Waals surface area (Å²) in [6.45, 7) is 8.69. The molecule has 4 nitrogen and oxygen atoms in total. The Morgan fingerprint density at radius 1 is 1.07 bits per heavy atom. The zero-order chi connectivity index (χ0) is 19.9. The van der Waals surface area contributed by atoms with Crippen molar-refractivity contribution in [1.29, 1.82) is 0 Å². The minimum absolute atomic E-state index is 0.124. The van der Waals surface area contributed by atoms with Gasteiger partial charge < -0.3 is 5.32 Å². The van der Waals surface area contributed by atoms with Crippen molar-refractivity contribution in [3.8, 4) is 0 Å². The summed E-state index contributed by atoms with van der Waals surface area (Å²) in [6.07, 6.45) is 8.71. The topological polar surface area (TPSA) is 58.2 Å². The molecule has 1 atom stereocenters. The number of rotatable bonds is 9. The molecule has 1 aliphatic rings. The van der Waals surface area contributed by atoms with Gasteiger partial charge in [0, 0.05) is 18.1 Å². The Labute approximate surface area is 166 Å². The van der Waals surface area contributed by atoms with E-state index in [0.29, 0.717) is 12.5 Å². The fraction of sp³-hybridized carbons (Fsp3) is 0.727. The lowest BCUT2D eigenvalue weighted by Crippen LogP contribution is -2.42. The maximum atomic E-state index is 12.3. The molecule has 0 saturated heterocycles. The van der Waals surface area contributed by atoms with Crippen molar-refractivity contribution in [2.75, 3.05) is 5.75 Å². The highest BCUT2D eigenvalue weighted by Crippen LogP contribution is 2.27. The largest absolute Gasteiger partial charge is 0.310 e. The molecule has 27 heavy (non-hydrogen) atoms. The Morgan fingerprint density at radius 2 is 1.70 bits per heavy atom. The summed E-state index contributed by atoms with van der Waals surface area (Å²) in [6, 6.07) is 8.68. The lowest BCUT2D eigenvalue weighted by molar-refractivity contribution is 0.304. The van der Waals surface area contributed by atoms with E-state index in [9.17, 15) is 8.42 Å². The molecule has 0 spiro atoms. The Hall–Kier alpha value is -0.910. The maximum Gasteiger partial charge on any atom is 0.212 e. The molecule has 1 aromatic rings. The van der Waals surface area contributed by atoms with Crippen LogP contribution in [-0.4, -0.2) is 25.8 Å². The number of sulfonamides is 1. The van der Waals surface area contributed by atoms with E-state index in [1.165, 1.54) is 44.1 Å². The molecule has 0 aromatic heterocycles. The minimum atomic E-state index is -3.28. The van der Waals surface area contributed by atoms with E-state index in [1.54, 1.807) is 0 Å². The number of hydrogen-bond donors (Lipinski definition) is 2. The first-order chi connectivity index (χ1) is 12.6. The third kappa shape index (κ3) is 8.75. The molecule has 0 heterocycles. The van der Waals surface area contributed by atoms with Gasteiger partial charge in [-0.05, 0) is 57.6 Å². The Bertz CT molecular complexity index is 674. The van der Waals surface area contributed by atoms with Gasteiger partial charge in [0.1, 0.15) is 0 Å². The summed E-state index contributed by atoms with van der Waals surface area (Å²) < 4.78 is 27.3. The van der Waals surface area contributed by atoms with Crippen LogP contribution < -0.4 is 10.0 Å². The van der Waals surface area contributed by atoms with Gasteiger partial charge in [-0.25, -0.2) is 13.1 Å². The van der Waals surface area contributed by atoms with Gasteiger partial charge in [0.25, 0.3) is 0 Å². The van der Waals surface area contributed by atoms with Gasteiger partial charge in [-0.2, -0.15) is 0 Å². The maximum absolute atomic E-state index is 12.3. The lowest BCUT2D eigenvalue weighted by Gasteiger charge is -2.25. The summed E-state index contributed by atoms with van der Waals surface area (Å²) >= 11 is 0. The highest BCUT2D eigenvalue weighted by molar-refractivity contribution is 7.89. The van der Waals surface area contributed by atoms with Crippen LogP contribution in [0.4, 0.5) is 0 Å². The van der Waals surface area contributed by atoms with Crippen molar-refractivity contribution >= 4 is 10.0 Å². The quantitative estimate of drug-likeness (QED) is 0.653. The summed E-state index contributed by atoms with van der Waals surface area (Å²) in [5, 5.41) is 3.66. The van der Waals surface area contributed by atoms with Gasteiger partial charge in [-0.3, -0.25) is 0 Å². The van der Waals surface area contributed by atoms with Crippen molar-refractivity contribution in [3.05, 3.63) is 35.4 Å². The first-order valence-electron chi connectivity index (χ1n) is 10.5. The lowest BCUT2D eigenvalue weighted by atomic mass is 9.85. The van der Waals surface area contributed by atoms with Crippen LogP contribution in [0.25, 0.3) is 0 Å².